The highest BCUT2D eigenvalue weighted by Crippen LogP contribution is 2.37. The highest BCUT2D eigenvalue weighted by atomic mass is 35.5. The number of amides is 3. The Morgan fingerprint density at radius 3 is 2.41 bits per heavy atom. The van der Waals surface area contributed by atoms with Crippen LogP contribution in [0.4, 0.5) is 10.5 Å². The Balaban J connectivity index is 1.28. The molecule has 3 amide bonds. The molecule has 1 aliphatic rings. The van der Waals surface area contributed by atoms with Gasteiger partial charge >= 0.3 is 11.7 Å². The summed E-state index contributed by atoms with van der Waals surface area (Å²) < 4.78 is 15.5. The molecule has 0 aliphatic carbocycles. The summed E-state index contributed by atoms with van der Waals surface area (Å²) in [6.07, 6.45) is 1.49. The fraction of sp³-hybridized carbons (Fsp3) is 0.176. The Hall–Kier alpha value is -5.02. The molecule has 0 atom stereocenters. The lowest BCUT2D eigenvalue weighted by Gasteiger charge is -2.14. The number of benzene rings is 3. The normalized spacial score (nSPS) is 13.8. The number of thioether (sulfide) groups is 1. The second-order valence-electron chi connectivity index (χ2n) is 11.4. The van der Waals surface area contributed by atoms with Gasteiger partial charge < -0.3 is 14.8 Å². The van der Waals surface area contributed by atoms with Gasteiger partial charge in [-0.15, -0.1) is 0 Å². The SMILES string of the molecule is COc1cc(/C=C2\SC(=O)N(CC(=O)Nc3ccc(C)c(Cl)c3)C2=O)ccc1Oc1nc2c(c(=O)n(C)c(=O)n2C)n1Cc1ccc(Cl)cc1Cl. The van der Waals surface area contributed by atoms with E-state index in [1.165, 1.54) is 36.4 Å². The third kappa shape index (κ3) is 7.13. The summed E-state index contributed by atoms with van der Waals surface area (Å²) in [5, 5.41) is 3.28. The molecule has 3 heterocycles. The van der Waals surface area contributed by atoms with Crippen LogP contribution in [0.25, 0.3) is 17.2 Å². The van der Waals surface area contributed by atoms with Crippen molar-refractivity contribution in [2.24, 2.45) is 14.1 Å². The smallest absolute Gasteiger partial charge is 0.332 e. The molecular weight excluding hydrogens is 743 g/mol. The third-order valence-corrected chi connectivity index (χ3v) is 9.88. The zero-order valence-corrected chi connectivity index (χ0v) is 30.4. The number of nitrogens with zero attached hydrogens (tertiary/aromatic N) is 5. The van der Waals surface area contributed by atoms with Crippen molar-refractivity contribution in [2.75, 3.05) is 19.0 Å². The number of carbonyl (C=O) groups is 3. The molecule has 51 heavy (non-hydrogen) atoms. The van der Waals surface area contributed by atoms with Gasteiger partial charge in [-0.1, -0.05) is 53.0 Å². The second-order valence-corrected chi connectivity index (χ2v) is 13.6. The zero-order valence-electron chi connectivity index (χ0n) is 27.3. The van der Waals surface area contributed by atoms with Crippen LogP contribution in [-0.4, -0.2) is 54.3 Å². The van der Waals surface area contributed by atoms with Crippen LogP contribution < -0.4 is 26.0 Å². The molecule has 6 rings (SSSR count). The van der Waals surface area contributed by atoms with E-state index < -0.39 is 34.8 Å². The van der Waals surface area contributed by atoms with Gasteiger partial charge in [0, 0.05) is 34.9 Å². The van der Waals surface area contributed by atoms with Crippen LogP contribution in [0, 0.1) is 6.92 Å². The summed E-state index contributed by atoms with van der Waals surface area (Å²) in [5.41, 5.74) is 1.39. The first-order valence-corrected chi connectivity index (χ1v) is 17.0. The third-order valence-electron chi connectivity index (χ3n) is 7.97. The van der Waals surface area contributed by atoms with Crippen LogP contribution in [0.2, 0.25) is 15.1 Å². The van der Waals surface area contributed by atoms with Crippen molar-refractivity contribution < 1.29 is 23.9 Å². The van der Waals surface area contributed by atoms with E-state index in [1.54, 1.807) is 54.6 Å². The minimum absolute atomic E-state index is 0.0346. The van der Waals surface area contributed by atoms with Crippen LogP contribution in [-0.2, 0) is 30.2 Å². The predicted octanol–water partition coefficient (Wildman–Crippen LogP) is 6.23. The summed E-state index contributed by atoms with van der Waals surface area (Å²) in [5.74, 6) is -0.785. The Morgan fingerprint density at radius 1 is 0.941 bits per heavy atom. The van der Waals surface area contributed by atoms with Gasteiger partial charge in [-0.25, -0.2) is 4.79 Å². The molecule has 17 heteroatoms. The summed E-state index contributed by atoms with van der Waals surface area (Å²) in [4.78, 5) is 70.1. The fourth-order valence-corrected chi connectivity index (χ4v) is 6.72. The minimum Gasteiger partial charge on any atom is -0.493 e. The van der Waals surface area contributed by atoms with Crippen molar-refractivity contribution in [3.63, 3.8) is 0 Å². The van der Waals surface area contributed by atoms with Gasteiger partial charge in [-0.2, -0.15) is 4.98 Å². The van der Waals surface area contributed by atoms with Crippen LogP contribution in [0.5, 0.6) is 17.5 Å². The number of fused-ring (bicyclic) bond motifs is 1. The first-order valence-electron chi connectivity index (χ1n) is 15.0. The van der Waals surface area contributed by atoms with E-state index in [-0.39, 0.29) is 40.1 Å². The molecule has 0 radical (unpaired) electrons. The molecule has 2 aromatic heterocycles. The maximum absolute atomic E-state index is 13.4. The number of methoxy groups -OCH3 is 1. The maximum atomic E-state index is 13.4. The minimum atomic E-state index is -0.636. The summed E-state index contributed by atoms with van der Waals surface area (Å²) >= 11 is 19.4. The molecule has 0 unspecified atom stereocenters. The molecule has 0 saturated carbocycles. The number of imidazole rings is 1. The number of halogens is 3. The number of hydrogen-bond donors (Lipinski definition) is 1. The van der Waals surface area contributed by atoms with Crippen molar-refractivity contribution in [2.45, 2.75) is 13.5 Å². The maximum Gasteiger partial charge on any atom is 0.332 e. The van der Waals surface area contributed by atoms with Crippen molar-refractivity contribution in [3.05, 3.63) is 112 Å². The molecule has 1 aliphatic heterocycles. The Kier molecular flexibility index (Phi) is 10.0. The fourth-order valence-electron chi connectivity index (χ4n) is 5.23. The van der Waals surface area contributed by atoms with Crippen molar-refractivity contribution >= 4 is 86.5 Å². The monoisotopic (exact) mass is 768 g/mol. The molecule has 3 aromatic carbocycles. The van der Waals surface area contributed by atoms with E-state index in [2.05, 4.69) is 10.3 Å². The van der Waals surface area contributed by atoms with E-state index in [0.717, 1.165) is 15.0 Å². The second kappa shape index (κ2) is 14.3. The molecule has 0 bridgehead atoms. The lowest BCUT2D eigenvalue weighted by atomic mass is 10.2. The average Bonchev–Trinajstić information content (AvgIpc) is 3.57. The highest BCUT2D eigenvalue weighted by Gasteiger charge is 2.36. The molecule has 262 valence electrons. The highest BCUT2D eigenvalue weighted by molar-refractivity contribution is 8.18. The summed E-state index contributed by atoms with van der Waals surface area (Å²) in [7, 11) is 4.27. The summed E-state index contributed by atoms with van der Waals surface area (Å²) in [6.45, 7) is 1.38. The number of ether oxygens (including phenoxy) is 2. The Labute approximate surface area is 308 Å². The number of carbonyl (C=O) groups excluding carboxylic acids is 3. The number of nitrogens with one attached hydrogen (secondary N) is 1. The number of hydrogen-bond acceptors (Lipinski definition) is 9. The van der Waals surface area contributed by atoms with Gasteiger partial charge in [-0.3, -0.25) is 37.8 Å². The number of aromatic nitrogens is 4. The van der Waals surface area contributed by atoms with Crippen LogP contribution in [0.3, 0.4) is 0 Å². The first-order chi connectivity index (χ1) is 24.2. The van der Waals surface area contributed by atoms with Crippen molar-refractivity contribution in [1.82, 2.24) is 23.6 Å². The van der Waals surface area contributed by atoms with Gasteiger partial charge in [0.2, 0.25) is 5.91 Å². The molecule has 1 fully saturated rings. The van der Waals surface area contributed by atoms with E-state index in [4.69, 9.17) is 44.3 Å². The van der Waals surface area contributed by atoms with Crippen LogP contribution in [0.1, 0.15) is 16.7 Å². The van der Waals surface area contributed by atoms with Crippen LogP contribution in [0.15, 0.2) is 69.1 Å². The van der Waals surface area contributed by atoms with Gasteiger partial charge in [0.05, 0.1) is 18.6 Å². The van der Waals surface area contributed by atoms with Crippen molar-refractivity contribution in [1.29, 1.82) is 0 Å². The van der Waals surface area contributed by atoms with E-state index >= 15 is 0 Å². The number of aryl methyl sites for hydroxylation is 2. The summed E-state index contributed by atoms with van der Waals surface area (Å²) in [6, 6.07) is 14.6. The lowest BCUT2D eigenvalue weighted by Crippen LogP contribution is -2.37. The van der Waals surface area contributed by atoms with Gasteiger partial charge in [0.1, 0.15) is 6.54 Å². The number of anilines is 1. The lowest BCUT2D eigenvalue weighted by molar-refractivity contribution is -0.127. The molecule has 13 nitrogen and oxygen atoms in total. The number of rotatable bonds is 9. The average molecular weight is 770 g/mol. The quantitative estimate of drug-likeness (QED) is 0.173. The van der Waals surface area contributed by atoms with E-state index in [9.17, 15) is 24.0 Å². The van der Waals surface area contributed by atoms with Crippen LogP contribution >= 0.6 is 46.6 Å². The van der Waals surface area contributed by atoms with Gasteiger partial charge in [-0.05, 0) is 77.9 Å². The van der Waals surface area contributed by atoms with Gasteiger partial charge in [0.25, 0.3) is 16.7 Å². The molecule has 1 N–H and O–H groups in total. The zero-order chi connectivity index (χ0) is 36.7. The van der Waals surface area contributed by atoms with E-state index in [1.807, 2.05) is 6.92 Å². The number of imide groups is 1. The first kappa shape index (κ1) is 35.8. The Morgan fingerprint density at radius 2 is 1.71 bits per heavy atom. The van der Waals surface area contributed by atoms with Gasteiger partial charge in [0.15, 0.2) is 22.7 Å². The molecule has 1 saturated heterocycles. The Bertz CT molecular complexity index is 2440. The van der Waals surface area contributed by atoms with E-state index in [0.29, 0.717) is 43.6 Å². The molecule has 0 spiro atoms. The standard InChI is InChI=1S/C34H27Cl3N6O7S/c1-17-5-9-21(14-22(17)36)38-27(44)16-43-30(45)26(51-34(43)48)12-18-6-10-24(25(11-18)49-4)50-32-39-29-28(31(46)41(3)33(47)40(29)2)42(32)15-19-7-8-20(35)13-23(19)37/h5-14H,15-16H2,1-4H3,(H,38,44)/b26-12-. The largest absolute Gasteiger partial charge is 0.493 e. The molecule has 5 aromatic rings. The predicted molar refractivity (Wildman–Crippen MR) is 196 cm³/mol. The molecular formula is C34H27Cl3N6O7S. The van der Waals surface area contributed by atoms with Crippen molar-refractivity contribution in [3.8, 4) is 17.5 Å². The topological polar surface area (TPSA) is 147 Å².